The van der Waals surface area contributed by atoms with Crippen molar-refractivity contribution in [1.29, 1.82) is 0 Å². The smallest absolute Gasteiger partial charge is 0.410 e. The molecule has 0 aromatic heterocycles. The highest BCUT2D eigenvalue weighted by molar-refractivity contribution is 7.93. The van der Waals surface area contributed by atoms with Crippen LogP contribution in [-0.4, -0.2) is 42.0 Å². The van der Waals surface area contributed by atoms with Crippen molar-refractivity contribution in [3.05, 3.63) is 0 Å². The van der Waals surface area contributed by atoms with Crippen LogP contribution in [0.2, 0.25) is 0 Å². The van der Waals surface area contributed by atoms with E-state index in [1.807, 2.05) is 27.0 Å². The van der Waals surface area contributed by atoms with Gasteiger partial charge in [-0.3, -0.25) is 0 Å². The predicted molar refractivity (Wildman–Crippen MR) is 65.4 cm³/mol. The fourth-order valence-electron chi connectivity index (χ4n) is 1.72. The van der Waals surface area contributed by atoms with Crippen LogP contribution in [0.4, 0.5) is 4.79 Å². The maximum absolute atomic E-state index is 11.9. The molecule has 16 heavy (non-hydrogen) atoms. The third kappa shape index (κ3) is 4.22. The van der Waals surface area contributed by atoms with Crippen LogP contribution < -0.4 is 0 Å². The summed E-state index contributed by atoms with van der Waals surface area (Å²) in [6, 6.07) is 0.169. The molecule has 4 nitrogen and oxygen atoms in total. The van der Waals surface area contributed by atoms with Crippen LogP contribution in [0.5, 0.6) is 0 Å². The number of carbonyl (C=O) groups is 1. The molecule has 0 bridgehead atoms. The molecule has 0 aromatic carbocycles. The summed E-state index contributed by atoms with van der Waals surface area (Å²) in [5.74, 6) is 0. The van der Waals surface area contributed by atoms with Gasteiger partial charge in [-0.2, -0.15) is 0 Å². The van der Waals surface area contributed by atoms with E-state index >= 15 is 0 Å². The van der Waals surface area contributed by atoms with Gasteiger partial charge in [-0.05, 0) is 45.7 Å². The Hall–Kier alpha value is -0.420. The Kier molecular flexibility index (Phi) is 4.92. The third-order valence-electron chi connectivity index (χ3n) is 2.38. The highest BCUT2D eigenvalue weighted by Gasteiger charge is 2.32. The molecule has 5 heteroatoms. The van der Waals surface area contributed by atoms with Gasteiger partial charge in [0.25, 0.3) is 0 Å². The average molecular weight is 247 g/mol. The van der Waals surface area contributed by atoms with Crippen molar-refractivity contribution in [2.24, 2.45) is 0 Å². The second-order valence-electron chi connectivity index (χ2n) is 4.92. The molecule has 0 radical (unpaired) electrons. The summed E-state index contributed by atoms with van der Waals surface area (Å²) in [6.45, 7) is 7.01. The highest BCUT2D eigenvalue weighted by Crippen LogP contribution is 2.21. The molecular formula is C11H21NO3S. The van der Waals surface area contributed by atoms with Gasteiger partial charge in [-0.25, -0.2) is 4.79 Å². The highest BCUT2D eigenvalue weighted by atomic mass is 32.2. The molecule has 0 spiro atoms. The van der Waals surface area contributed by atoms with Crippen LogP contribution in [0.15, 0.2) is 0 Å². The zero-order valence-electron chi connectivity index (χ0n) is 10.5. The van der Waals surface area contributed by atoms with E-state index in [9.17, 15) is 4.79 Å². The third-order valence-corrected chi connectivity index (χ3v) is 2.76. The van der Waals surface area contributed by atoms with E-state index in [0.717, 1.165) is 19.4 Å². The van der Waals surface area contributed by atoms with E-state index in [-0.39, 0.29) is 12.1 Å². The molecule has 1 saturated heterocycles. The van der Waals surface area contributed by atoms with Crippen molar-refractivity contribution in [2.75, 3.05) is 19.4 Å². The van der Waals surface area contributed by atoms with Gasteiger partial charge in [0.05, 0.1) is 12.6 Å². The predicted octanol–water partition coefficient (Wildman–Crippen LogP) is 2.68. The lowest BCUT2D eigenvalue weighted by Crippen LogP contribution is -2.41. The number of nitrogens with zero attached hydrogens (tertiary/aromatic N) is 1. The summed E-state index contributed by atoms with van der Waals surface area (Å²) in [6.07, 6.45) is 3.69. The van der Waals surface area contributed by atoms with E-state index in [1.165, 1.54) is 12.0 Å². The first-order chi connectivity index (χ1) is 7.44. The minimum absolute atomic E-state index is 0.169. The molecule has 1 atom stereocenters. The van der Waals surface area contributed by atoms with E-state index in [1.54, 1.807) is 4.90 Å². The van der Waals surface area contributed by atoms with Gasteiger partial charge in [0.1, 0.15) is 5.60 Å². The van der Waals surface area contributed by atoms with Crippen molar-refractivity contribution in [3.8, 4) is 0 Å². The summed E-state index contributed by atoms with van der Waals surface area (Å²) in [7, 11) is 0. The molecule has 0 unspecified atom stereocenters. The molecule has 94 valence electrons. The zero-order chi connectivity index (χ0) is 12.2. The lowest BCUT2D eigenvalue weighted by molar-refractivity contribution is 0.0194. The standard InChI is InChI=1S/C11H21NO3S/c1-11(2,3)15-10(13)12-7-5-6-9(12)8-14-16-4/h9H,5-8H2,1-4H3/t9-/m0/s1. The van der Waals surface area contributed by atoms with E-state index in [4.69, 9.17) is 8.92 Å². The number of carbonyl (C=O) groups excluding carboxylic acids is 1. The Morgan fingerprint density at radius 2 is 2.19 bits per heavy atom. The van der Waals surface area contributed by atoms with E-state index in [2.05, 4.69) is 0 Å². The molecule has 1 fully saturated rings. The molecule has 0 saturated carbocycles. The number of likely N-dealkylation sites (tertiary alicyclic amines) is 1. The molecular weight excluding hydrogens is 226 g/mol. The van der Waals surface area contributed by atoms with Crippen LogP contribution in [0.25, 0.3) is 0 Å². The number of amides is 1. The fourth-order valence-corrected chi connectivity index (χ4v) is 2.01. The Bertz CT molecular complexity index is 240. The number of ether oxygens (including phenoxy) is 1. The Morgan fingerprint density at radius 3 is 2.75 bits per heavy atom. The van der Waals surface area contributed by atoms with Gasteiger partial charge in [0, 0.05) is 12.8 Å². The Morgan fingerprint density at radius 1 is 1.50 bits per heavy atom. The van der Waals surface area contributed by atoms with Crippen LogP contribution in [0.1, 0.15) is 33.6 Å². The Balaban J connectivity index is 2.47. The Labute approximate surface area is 102 Å². The van der Waals surface area contributed by atoms with Gasteiger partial charge in [0.15, 0.2) is 0 Å². The molecule has 1 rings (SSSR count). The van der Waals surface area contributed by atoms with Crippen LogP contribution in [0.3, 0.4) is 0 Å². The molecule has 0 aliphatic carbocycles. The fraction of sp³-hybridized carbons (Fsp3) is 0.909. The van der Waals surface area contributed by atoms with Crippen LogP contribution >= 0.6 is 12.0 Å². The summed E-state index contributed by atoms with van der Waals surface area (Å²) < 4.78 is 10.7. The maximum atomic E-state index is 11.9. The summed E-state index contributed by atoms with van der Waals surface area (Å²) in [5, 5.41) is 0. The van der Waals surface area contributed by atoms with E-state index in [0.29, 0.717) is 6.61 Å². The average Bonchev–Trinajstić information content (AvgIpc) is 2.59. The quantitative estimate of drug-likeness (QED) is 0.719. The number of hydrogen-bond donors (Lipinski definition) is 0. The second-order valence-corrected chi connectivity index (χ2v) is 5.49. The molecule has 1 heterocycles. The molecule has 1 amide bonds. The summed E-state index contributed by atoms with van der Waals surface area (Å²) >= 11 is 1.34. The normalized spacial score (nSPS) is 21.2. The molecule has 0 aromatic rings. The van der Waals surface area contributed by atoms with Crippen molar-refractivity contribution >= 4 is 18.1 Å². The number of rotatable bonds is 3. The molecule has 0 N–H and O–H groups in total. The summed E-state index contributed by atoms with van der Waals surface area (Å²) in [5.41, 5.74) is -0.426. The van der Waals surface area contributed by atoms with Crippen molar-refractivity contribution in [1.82, 2.24) is 4.90 Å². The first-order valence-electron chi connectivity index (χ1n) is 5.59. The van der Waals surface area contributed by atoms with Gasteiger partial charge < -0.3 is 13.8 Å². The first-order valence-corrected chi connectivity index (χ1v) is 6.74. The summed E-state index contributed by atoms with van der Waals surface area (Å²) in [4.78, 5) is 13.7. The second kappa shape index (κ2) is 5.77. The van der Waals surface area contributed by atoms with Gasteiger partial charge in [-0.1, -0.05) is 0 Å². The molecule has 1 aliphatic heterocycles. The topological polar surface area (TPSA) is 38.8 Å². The maximum Gasteiger partial charge on any atom is 0.410 e. The lowest BCUT2D eigenvalue weighted by Gasteiger charge is -2.28. The van der Waals surface area contributed by atoms with Crippen molar-refractivity contribution in [3.63, 3.8) is 0 Å². The number of hydrogen-bond acceptors (Lipinski definition) is 4. The monoisotopic (exact) mass is 247 g/mol. The van der Waals surface area contributed by atoms with Gasteiger partial charge in [0.2, 0.25) is 0 Å². The van der Waals surface area contributed by atoms with Crippen molar-refractivity contribution < 1.29 is 13.7 Å². The van der Waals surface area contributed by atoms with Gasteiger partial charge in [-0.15, -0.1) is 0 Å². The largest absolute Gasteiger partial charge is 0.444 e. The SMILES string of the molecule is CSOC[C@@H]1CCCN1C(=O)OC(C)(C)C. The van der Waals surface area contributed by atoms with E-state index < -0.39 is 5.60 Å². The minimum atomic E-state index is -0.426. The minimum Gasteiger partial charge on any atom is -0.444 e. The zero-order valence-corrected chi connectivity index (χ0v) is 11.3. The molecule has 1 aliphatic rings. The van der Waals surface area contributed by atoms with Crippen LogP contribution in [0, 0.1) is 0 Å². The lowest BCUT2D eigenvalue weighted by atomic mass is 10.2. The van der Waals surface area contributed by atoms with Crippen LogP contribution in [-0.2, 0) is 8.92 Å². The first kappa shape index (κ1) is 13.6. The van der Waals surface area contributed by atoms with Crippen molar-refractivity contribution in [2.45, 2.75) is 45.3 Å². The van der Waals surface area contributed by atoms with Gasteiger partial charge >= 0.3 is 6.09 Å².